The van der Waals surface area contributed by atoms with E-state index in [1.165, 1.54) is 0 Å². The second-order valence-electron chi connectivity index (χ2n) is 4.55. The quantitative estimate of drug-likeness (QED) is 0.904. The van der Waals surface area contributed by atoms with Gasteiger partial charge in [-0.05, 0) is 24.6 Å². The van der Waals surface area contributed by atoms with Crippen LogP contribution in [0, 0.1) is 11.6 Å². The van der Waals surface area contributed by atoms with Crippen LogP contribution in [0.2, 0.25) is 0 Å². The molecule has 0 spiro atoms. The molecular weight excluding hydrogens is 328 g/mol. The summed E-state index contributed by atoms with van der Waals surface area (Å²) in [6.07, 6.45) is -0.482. The van der Waals surface area contributed by atoms with Crippen molar-refractivity contribution in [3.05, 3.63) is 64.1 Å². The number of rotatable bonds is 4. The molecule has 0 radical (unpaired) electrons. The maximum atomic E-state index is 13.2. The fraction of sp³-hybridized carbons (Fsp3) is 0.200. The van der Waals surface area contributed by atoms with Gasteiger partial charge in [-0.1, -0.05) is 28.1 Å². The van der Waals surface area contributed by atoms with E-state index in [9.17, 15) is 8.78 Å². The topological polar surface area (TPSA) is 35.2 Å². The third-order valence-electron chi connectivity index (χ3n) is 2.78. The number of benzene rings is 2. The molecule has 0 bridgehead atoms. The Morgan fingerprint density at radius 3 is 2.10 bits per heavy atom. The summed E-state index contributed by atoms with van der Waals surface area (Å²) in [6, 6.07) is 10.2. The van der Waals surface area contributed by atoms with Gasteiger partial charge in [0, 0.05) is 28.7 Å². The molecule has 0 amide bonds. The highest BCUT2D eigenvalue weighted by atomic mass is 79.9. The highest BCUT2D eigenvalue weighted by Gasteiger charge is 2.19. The van der Waals surface area contributed by atoms with Gasteiger partial charge in [0.05, 0.1) is 0 Å². The first-order chi connectivity index (χ1) is 9.45. The van der Waals surface area contributed by atoms with E-state index in [-0.39, 0.29) is 11.8 Å². The van der Waals surface area contributed by atoms with Crippen LogP contribution in [0.25, 0.3) is 0 Å². The lowest BCUT2D eigenvalue weighted by Crippen LogP contribution is -2.29. The maximum absolute atomic E-state index is 13.2. The van der Waals surface area contributed by atoms with Crippen molar-refractivity contribution < 1.29 is 13.5 Å². The third-order valence-corrected chi connectivity index (χ3v) is 3.30. The SMILES string of the molecule is CC(N)C(Oc1cc(F)cc(F)c1)c1ccc(Br)cc1. The zero-order chi connectivity index (χ0) is 14.7. The van der Waals surface area contributed by atoms with Crippen molar-refractivity contribution in [1.29, 1.82) is 0 Å². The van der Waals surface area contributed by atoms with Gasteiger partial charge >= 0.3 is 0 Å². The van der Waals surface area contributed by atoms with Gasteiger partial charge in [0.1, 0.15) is 23.5 Å². The second-order valence-corrected chi connectivity index (χ2v) is 5.47. The van der Waals surface area contributed by atoms with E-state index in [4.69, 9.17) is 10.5 Å². The van der Waals surface area contributed by atoms with E-state index in [0.717, 1.165) is 28.2 Å². The van der Waals surface area contributed by atoms with Gasteiger partial charge in [0.15, 0.2) is 0 Å². The molecule has 0 heterocycles. The van der Waals surface area contributed by atoms with Crippen molar-refractivity contribution >= 4 is 15.9 Å². The van der Waals surface area contributed by atoms with Gasteiger partial charge in [-0.2, -0.15) is 0 Å². The summed E-state index contributed by atoms with van der Waals surface area (Å²) in [6.45, 7) is 1.78. The molecule has 0 aliphatic heterocycles. The minimum atomic E-state index is -0.681. The molecule has 2 atom stereocenters. The van der Waals surface area contributed by atoms with E-state index in [2.05, 4.69) is 15.9 Å². The third kappa shape index (κ3) is 3.77. The number of hydrogen-bond acceptors (Lipinski definition) is 2. The van der Waals surface area contributed by atoms with Crippen LogP contribution in [0.15, 0.2) is 46.9 Å². The number of halogens is 3. The van der Waals surface area contributed by atoms with Crippen LogP contribution in [0.3, 0.4) is 0 Å². The monoisotopic (exact) mass is 341 g/mol. The molecule has 20 heavy (non-hydrogen) atoms. The van der Waals surface area contributed by atoms with E-state index in [1.54, 1.807) is 6.92 Å². The Morgan fingerprint density at radius 2 is 1.60 bits per heavy atom. The van der Waals surface area contributed by atoms with Crippen molar-refractivity contribution in [3.8, 4) is 5.75 Å². The molecule has 2 unspecified atom stereocenters. The first kappa shape index (κ1) is 14.9. The molecule has 5 heteroatoms. The molecule has 106 valence electrons. The molecule has 2 N–H and O–H groups in total. The minimum absolute atomic E-state index is 0.118. The number of nitrogens with two attached hydrogens (primary N) is 1. The Balaban J connectivity index is 2.27. The van der Waals surface area contributed by atoms with E-state index < -0.39 is 17.7 Å². The van der Waals surface area contributed by atoms with E-state index in [0.29, 0.717) is 0 Å². The second kappa shape index (κ2) is 6.33. The summed E-state index contributed by atoms with van der Waals surface area (Å²) in [4.78, 5) is 0. The Labute approximate surface area is 124 Å². The lowest BCUT2D eigenvalue weighted by Gasteiger charge is -2.23. The Morgan fingerprint density at radius 1 is 1.05 bits per heavy atom. The van der Waals surface area contributed by atoms with Crippen LogP contribution in [0.4, 0.5) is 8.78 Å². The van der Waals surface area contributed by atoms with Crippen LogP contribution in [-0.4, -0.2) is 6.04 Å². The Hall–Kier alpha value is -1.46. The van der Waals surface area contributed by atoms with Crippen LogP contribution in [0.5, 0.6) is 5.75 Å². The first-order valence-electron chi connectivity index (χ1n) is 6.09. The van der Waals surface area contributed by atoms with E-state index in [1.807, 2.05) is 24.3 Å². The summed E-state index contributed by atoms with van der Waals surface area (Å²) >= 11 is 3.35. The van der Waals surface area contributed by atoms with Gasteiger partial charge in [0.2, 0.25) is 0 Å². The Kier molecular flexibility index (Phi) is 4.73. The van der Waals surface area contributed by atoms with Crippen LogP contribution in [-0.2, 0) is 0 Å². The lowest BCUT2D eigenvalue weighted by molar-refractivity contribution is 0.179. The summed E-state index contributed by atoms with van der Waals surface area (Å²) < 4.78 is 32.9. The van der Waals surface area contributed by atoms with Gasteiger partial charge < -0.3 is 10.5 Å². The predicted octanol–water partition coefficient (Wildman–Crippen LogP) is 4.19. The normalized spacial score (nSPS) is 13.8. The number of hydrogen-bond donors (Lipinski definition) is 1. The van der Waals surface area contributed by atoms with Crippen molar-refractivity contribution in [1.82, 2.24) is 0 Å². The zero-order valence-corrected chi connectivity index (χ0v) is 12.4. The predicted molar refractivity (Wildman–Crippen MR) is 77.5 cm³/mol. The van der Waals surface area contributed by atoms with Crippen LogP contribution < -0.4 is 10.5 Å². The van der Waals surface area contributed by atoms with Crippen molar-refractivity contribution in [2.45, 2.75) is 19.1 Å². The molecule has 0 saturated carbocycles. The lowest BCUT2D eigenvalue weighted by atomic mass is 10.0. The fourth-order valence-electron chi connectivity index (χ4n) is 1.87. The first-order valence-corrected chi connectivity index (χ1v) is 6.89. The smallest absolute Gasteiger partial charge is 0.138 e. The van der Waals surface area contributed by atoms with Crippen molar-refractivity contribution in [2.75, 3.05) is 0 Å². The van der Waals surface area contributed by atoms with Crippen molar-refractivity contribution in [3.63, 3.8) is 0 Å². The number of ether oxygens (including phenoxy) is 1. The molecule has 0 aliphatic carbocycles. The Bertz CT molecular complexity index is 567. The average Bonchev–Trinajstić information content (AvgIpc) is 2.36. The molecule has 2 nitrogen and oxygen atoms in total. The van der Waals surface area contributed by atoms with Gasteiger partial charge in [-0.15, -0.1) is 0 Å². The fourth-order valence-corrected chi connectivity index (χ4v) is 2.14. The molecule has 0 fully saturated rings. The summed E-state index contributed by atoms with van der Waals surface area (Å²) in [5.74, 6) is -1.24. The molecule has 2 rings (SSSR count). The standard InChI is InChI=1S/C15H14BrF2NO/c1-9(19)15(10-2-4-11(16)5-3-10)20-14-7-12(17)6-13(18)8-14/h2-9,15H,19H2,1H3. The van der Waals surface area contributed by atoms with Gasteiger partial charge in [0.25, 0.3) is 0 Å². The summed E-state index contributed by atoms with van der Waals surface area (Å²) in [5, 5.41) is 0. The molecule has 0 aliphatic rings. The largest absolute Gasteiger partial charge is 0.484 e. The van der Waals surface area contributed by atoms with E-state index >= 15 is 0 Å². The molecular formula is C15H14BrF2NO. The minimum Gasteiger partial charge on any atom is -0.484 e. The zero-order valence-electron chi connectivity index (χ0n) is 10.8. The molecule has 0 saturated heterocycles. The molecule has 2 aromatic carbocycles. The van der Waals surface area contributed by atoms with Gasteiger partial charge in [-0.3, -0.25) is 0 Å². The molecule has 0 aromatic heterocycles. The van der Waals surface area contributed by atoms with Gasteiger partial charge in [-0.25, -0.2) is 8.78 Å². The summed E-state index contributed by atoms with van der Waals surface area (Å²) in [5.41, 5.74) is 6.75. The van der Waals surface area contributed by atoms with Crippen molar-refractivity contribution in [2.24, 2.45) is 5.73 Å². The highest BCUT2D eigenvalue weighted by molar-refractivity contribution is 9.10. The molecule has 2 aromatic rings. The summed E-state index contributed by atoms with van der Waals surface area (Å²) in [7, 11) is 0. The maximum Gasteiger partial charge on any atom is 0.138 e. The highest BCUT2D eigenvalue weighted by Crippen LogP contribution is 2.26. The van der Waals surface area contributed by atoms with Crippen LogP contribution in [0.1, 0.15) is 18.6 Å². The average molecular weight is 342 g/mol. The van der Waals surface area contributed by atoms with Crippen LogP contribution >= 0.6 is 15.9 Å².